The van der Waals surface area contributed by atoms with E-state index in [9.17, 15) is 16.8 Å². The molecule has 0 bridgehead atoms. The molecule has 0 amide bonds. The van der Waals surface area contributed by atoms with Crippen LogP contribution in [0.1, 0.15) is 2.85 Å². The first-order valence-electron chi connectivity index (χ1n) is 1.37. The minimum absolute atomic E-state index is 0. The molecule has 0 unspecified atom stereocenters. The quantitative estimate of drug-likeness (QED) is 0.468. The molecule has 0 saturated carbocycles. The zero-order chi connectivity index (χ0) is 7.71. The van der Waals surface area contributed by atoms with Gasteiger partial charge in [-0.2, -0.15) is 16.8 Å². The maximum Gasteiger partial charge on any atom is 2.00 e. The van der Waals surface area contributed by atoms with E-state index in [0.717, 1.165) is 0 Å². The predicted molar refractivity (Wildman–Crippen MR) is 32.2 cm³/mol. The first-order chi connectivity index (χ1) is 3.71. The van der Waals surface area contributed by atoms with Gasteiger partial charge in [0, 0.05) is 0 Å². The zero-order valence-electron chi connectivity index (χ0n) is 6.46. The fraction of sp³-hybridized carbons (Fsp3) is 0. The van der Waals surface area contributed by atoms with Crippen molar-refractivity contribution < 1.29 is 32.4 Å². The summed E-state index contributed by atoms with van der Waals surface area (Å²) in [7, 11) is -10.2. The van der Waals surface area contributed by atoms with Gasteiger partial charge in [0.05, 0.1) is 0 Å². The van der Waals surface area contributed by atoms with E-state index in [-0.39, 0.29) is 51.7 Å². The van der Waals surface area contributed by atoms with Crippen LogP contribution in [0, 0.1) is 0 Å². The van der Waals surface area contributed by atoms with Gasteiger partial charge in [-0.15, -0.1) is 3.63 Å². The molecule has 10 heavy (non-hydrogen) atoms. The van der Waals surface area contributed by atoms with E-state index in [1.807, 2.05) is 0 Å². The van der Waals surface area contributed by atoms with Crippen molar-refractivity contribution in [2.75, 3.05) is 0 Å². The summed E-state index contributed by atoms with van der Waals surface area (Å²) in [5, 5.41) is 0. The van der Waals surface area contributed by atoms with Crippen molar-refractivity contribution in [1.29, 1.82) is 0 Å². The van der Waals surface area contributed by atoms with Crippen molar-refractivity contribution in [3.63, 3.8) is 0 Å². The van der Waals surface area contributed by atoms with Gasteiger partial charge >= 0.3 is 69.7 Å². The van der Waals surface area contributed by atoms with E-state index in [1.165, 1.54) is 0 Å². The molecule has 0 heterocycles. The average molecular weight is 317 g/mol. The Labute approximate surface area is 101 Å². The summed E-state index contributed by atoms with van der Waals surface area (Å²) in [6, 6.07) is 0. The molecule has 0 atom stereocenters. The Bertz CT molecular complexity index is 245. The van der Waals surface area contributed by atoms with E-state index >= 15 is 0 Å². The first-order valence-corrected chi connectivity index (χ1v) is 4.10. The van der Waals surface area contributed by atoms with E-state index in [1.54, 1.807) is 0 Å². The van der Waals surface area contributed by atoms with Crippen LogP contribution in [-0.2, 0) is 24.4 Å². The molecule has 0 aromatic heterocycles. The summed E-state index contributed by atoms with van der Waals surface area (Å²) in [5.41, 5.74) is 0. The summed E-state index contributed by atoms with van der Waals surface area (Å²) in [5.74, 6) is 0. The summed E-state index contributed by atoms with van der Waals surface area (Å²) in [4.78, 5) is 0. The van der Waals surface area contributed by atoms with Crippen molar-refractivity contribution >= 4 is 69.7 Å². The largest absolute Gasteiger partial charge is 2.00 e. The Morgan fingerprint density at radius 1 is 1.00 bits per heavy atom. The van der Waals surface area contributed by atoms with Crippen LogP contribution in [0.4, 0.5) is 0 Å². The fourth-order valence-corrected chi connectivity index (χ4v) is 0.978. The molecule has 0 radical (unpaired) electrons. The molecule has 10 heteroatoms. The van der Waals surface area contributed by atoms with Crippen LogP contribution < -0.4 is 0 Å². The molecule has 60 valence electrons. The molecule has 0 spiro atoms. The normalized spacial score (nSPS) is 12.2. The van der Waals surface area contributed by atoms with Crippen molar-refractivity contribution in [2.24, 2.45) is 0 Å². The number of hydrogen-bond donors (Lipinski definition) is 2. The van der Waals surface area contributed by atoms with Crippen LogP contribution in [0.15, 0.2) is 0 Å². The first kappa shape index (κ1) is 13.9. The van der Waals surface area contributed by atoms with Crippen LogP contribution in [-0.4, -0.2) is 74.8 Å². The van der Waals surface area contributed by atoms with E-state index in [2.05, 4.69) is 3.63 Å². The van der Waals surface area contributed by atoms with Crippen LogP contribution in [0.2, 0.25) is 0 Å². The van der Waals surface area contributed by atoms with Crippen molar-refractivity contribution in [2.45, 2.75) is 0 Å². The molecular weight excluding hydrogens is 313 g/mol. The molecule has 7 nitrogen and oxygen atoms in total. The molecule has 0 aliphatic carbocycles. The molecule has 0 aromatic carbocycles. The summed E-state index contributed by atoms with van der Waals surface area (Å²) >= 11 is 0. The van der Waals surface area contributed by atoms with E-state index in [0.29, 0.717) is 0 Å². The van der Waals surface area contributed by atoms with Gasteiger partial charge in [0.1, 0.15) is 0 Å². The molecule has 0 rings (SSSR count). The van der Waals surface area contributed by atoms with Crippen molar-refractivity contribution in [3.05, 3.63) is 0 Å². The summed E-state index contributed by atoms with van der Waals surface area (Å²) in [6.45, 7) is 0. The molecule has 0 aliphatic rings. The predicted octanol–water partition coefficient (Wildman–Crippen LogP) is -1.55. The monoisotopic (exact) mass is 318 g/mol. The van der Waals surface area contributed by atoms with Crippen LogP contribution in [0.25, 0.3) is 0 Å². The minimum Gasteiger partial charge on any atom is -1.00 e. The summed E-state index contributed by atoms with van der Waals surface area (Å²) < 4.78 is 55.6. The van der Waals surface area contributed by atoms with Gasteiger partial charge in [0.25, 0.3) is 0 Å². The standard InChI is InChI=1S/Ba.H2O7S2.2H/c;1-8(2,3)7-9(4,5)6;;/h;(H,1,2,3)(H,4,5,6);;/q+2;;2*-1. The SMILES string of the molecule is O=S(=O)(O)OS(=O)(=O)O.[Ba+2].[H-].[H-]. The van der Waals surface area contributed by atoms with Gasteiger partial charge in [-0.05, 0) is 0 Å². The third kappa shape index (κ3) is 12.1. The van der Waals surface area contributed by atoms with Crippen LogP contribution in [0.5, 0.6) is 0 Å². The Hall–Kier alpha value is 1.35. The maximum atomic E-state index is 9.44. The molecule has 0 aromatic rings. The topological polar surface area (TPSA) is 118 Å². The van der Waals surface area contributed by atoms with Gasteiger partial charge in [-0.3, -0.25) is 9.11 Å². The van der Waals surface area contributed by atoms with E-state index in [4.69, 9.17) is 9.11 Å². The second kappa shape index (κ2) is 4.40. The molecule has 0 aliphatic heterocycles. The second-order valence-electron chi connectivity index (χ2n) is 0.924. The average Bonchev–Trinajstić information content (AvgIpc) is 1.14. The zero-order valence-corrected chi connectivity index (χ0v) is 10.5. The minimum atomic E-state index is -5.12. The molecule has 0 saturated heterocycles. The van der Waals surface area contributed by atoms with Gasteiger partial charge in [0.2, 0.25) is 0 Å². The Morgan fingerprint density at radius 3 is 1.20 bits per heavy atom. The molecule has 0 fully saturated rings. The molecular formula is H4BaO7S2. The smallest absolute Gasteiger partial charge is 1.00 e. The van der Waals surface area contributed by atoms with Gasteiger partial charge in [-0.25, -0.2) is 0 Å². The Morgan fingerprint density at radius 2 is 1.20 bits per heavy atom. The van der Waals surface area contributed by atoms with Gasteiger partial charge < -0.3 is 2.85 Å². The van der Waals surface area contributed by atoms with Gasteiger partial charge in [-0.1, -0.05) is 0 Å². The van der Waals surface area contributed by atoms with Crippen LogP contribution in [0.3, 0.4) is 0 Å². The third-order valence-electron chi connectivity index (χ3n) is 0.172. The molecule has 2 N–H and O–H groups in total. The maximum absolute atomic E-state index is 9.44. The number of rotatable bonds is 2. The Kier molecular flexibility index (Phi) is 6.11. The Balaban J connectivity index is -0.000000107. The van der Waals surface area contributed by atoms with E-state index < -0.39 is 20.8 Å². The fourth-order valence-electron chi connectivity index (χ4n) is 0.109. The van der Waals surface area contributed by atoms with Crippen molar-refractivity contribution in [1.82, 2.24) is 0 Å². The summed E-state index contributed by atoms with van der Waals surface area (Å²) in [6.07, 6.45) is 0. The van der Waals surface area contributed by atoms with Gasteiger partial charge in [0.15, 0.2) is 0 Å². The third-order valence-corrected chi connectivity index (χ3v) is 1.55. The second-order valence-corrected chi connectivity index (χ2v) is 3.18. The van der Waals surface area contributed by atoms with Crippen LogP contribution >= 0.6 is 0 Å². The van der Waals surface area contributed by atoms with Crippen molar-refractivity contribution in [3.8, 4) is 0 Å². The number of hydrogen-bond acceptors (Lipinski definition) is 5.